The molecule has 1 atom stereocenters. The predicted octanol–water partition coefficient (Wildman–Crippen LogP) is 3.63. The van der Waals surface area contributed by atoms with Gasteiger partial charge in [-0.1, -0.05) is 42.5 Å². The molecule has 0 aromatic heterocycles. The van der Waals surface area contributed by atoms with Crippen LogP contribution in [-0.4, -0.2) is 19.9 Å². The van der Waals surface area contributed by atoms with Gasteiger partial charge in [-0.25, -0.2) is 0 Å². The molecule has 2 aromatic carbocycles. The van der Waals surface area contributed by atoms with Crippen molar-refractivity contribution in [2.45, 2.75) is 12.3 Å². The van der Waals surface area contributed by atoms with Gasteiger partial charge in [-0.2, -0.15) is 5.26 Å². The van der Waals surface area contributed by atoms with Gasteiger partial charge >= 0.3 is 0 Å². The maximum absolute atomic E-state index is 12.2. The fourth-order valence-electron chi connectivity index (χ4n) is 2.17. The number of nitrogens with zero attached hydrogens (tertiary/aromatic N) is 2. The van der Waals surface area contributed by atoms with E-state index in [-0.39, 0.29) is 12.2 Å². The molecule has 0 aliphatic heterocycles. The maximum atomic E-state index is 12.2. The van der Waals surface area contributed by atoms with E-state index >= 15 is 0 Å². The number of ketones is 1. The minimum absolute atomic E-state index is 0.00108. The van der Waals surface area contributed by atoms with Crippen LogP contribution in [0.5, 0.6) is 0 Å². The lowest BCUT2D eigenvalue weighted by atomic mass is 9.92. The van der Waals surface area contributed by atoms with Crippen molar-refractivity contribution in [3.63, 3.8) is 0 Å². The van der Waals surface area contributed by atoms with Crippen LogP contribution in [0.3, 0.4) is 0 Å². The highest BCUT2D eigenvalue weighted by atomic mass is 16.1. The molecule has 0 fully saturated rings. The number of rotatable bonds is 5. The maximum Gasteiger partial charge on any atom is 0.164 e. The van der Waals surface area contributed by atoms with E-state index in [1.807, 2.05) is 61.5 Å². The summed E-state index contributed by atoms with van der Waals surface area (Å²) < 4.78 is 0. The molecule has 106 valence electrons. The van der Waals surface area contributed by atoms with Crippen LogP contribution in [0.2, 0.25) is 0 Å². The Bertz CT molecular complexity index is 639. The summed E-state index contributed by atoms with van der Waals surface area (Å²) in [7, 11) is 3.94. The Hall–Kier alpha value is -2.60. The minimum atomic E-state index is -0.408. The number of nitriles is 1. The van der Waals surface area contributed by atoms with Crippen molar-refractivity contribution >= 4 is 11.5 Å². The quantitative estimate of drug-likeness (QED) is 0.784. The van der Waals surface area contributed by atoms with E-state index in [9.17, 15) is 10.1 Å². The highest BCUT2D eigenvalue weighted by Gasteiger charge is 2.16. The van der Waals surface area contributed by atoms with Crippen molar-refractivity contribution in [3.05, 3.63) is 65.7 Å². The topological polar surface area (TPSA) is 44.1 Å². The van der Waals surface area contributed by atoms with E-state index in [0.717, 1.165) is 11.3 Å². The highest BCUT2D eigenvalue weighted by Crippen LogP contribution is 2.23. The molecule has 0 amide bonds. The van der Waals surface area contributed by atoms with Crippen LogP contribution in [0.1, 0.15) is 28.3 Å². The van der Waals surface area contributed by atoms with Crippen molar-refractivity contribution in [1.29, 1.82) is 5.26 Å². The molecule has 0 aliphatic carbocycles. The first-order chi connectivity index (χ1) is 10.1. The fraction of sp³-hybridized carbons (Fsp3) is 0.222. The number of hydrogen-bond acceptors (Lipinski definition) is 3. The first-order valence-corrected chi connectivity index (χ1v) is 6.87. The Labute approximate surface area is 125 Å². The average molecular weight is 278 g/mol. The van der Waals surface area contributed by atoms with E-state index in [0.29, 0.717) is 5.56 Å². The Morgan fingerprint density at radius 1 is 1.10 bits per heavy atom. The summed E-state index contributed by atoms with van der Waals surface area (Å²) in [5, 5.41) is 9.34. The molecule has 0 spiro atoms. The SMILES string of the molecule is CN(C)c1ccc(C(C#N)CC(=O)c2ccccc2)cc1. The molecule has 0 saturated carbocycles. The molecule has 0 radical (unpaired) electrons. The summed E-state index contributed by atoms with van der Waals surface area (Å²) >= 11 is 0. The second kappa shape index (κ2) is 6.71. The van der Waals surface area contributed by atoms with Crippen molar-refractivity contribution in [2.24, 2.45) is 0 Å². The lowest BCUT2D eigenvalue weighted by Crippen LogP contribution is -2.09. The zero-order valence-corrected chi connectivity index (χ0v) is 12.3. The second-order valence-electron chi connectivity index (χ2n) is 5.16. The fourth-order valence-corrected chi connectivity index (χ4v) is 2.17. The lowest BCUT2D eigenvalue weighted by Gasteiger charge is -2.14. The number of anilines is 1. The molecule has 0 aliphatic rings. The lowest BCUT2D eigenvalue weighted by molar-refractivity contribution is 0.0979. The smallest absolute Gasteiger partial charge is 0.164 e. The molecule has 0 bridgehead atoms. The third-order valence-electron chi connectivity index (χ3n) is 3.45. The van der Waals surface area contributed by atoms with E-state index in [1.165, 1.54) is 0 Å². The van der Waals surface area contributed by atoms with Crippen molar-refractivity contribution in [3.8, 4) is 6.07 Å². The van der Waals surface area contributed by atoms with Gasteiger partial charge in [0.15, 0.2) is 5.78 Å². The number of hydrogen-bond donors (Lipinski definition) is 0. The minimum Gasteiger partial charge on any atom is -0.378 e. The molecular formula is C18H18N2O. The third kappa shape index (κ3) is 3.70. The van der Waals surface area contributed by atoms with E-state index in [4.69, 9.17) is 0 Å². The number of carbonyl (C=O) groups excluding carboxylic acids is 1. The van der Waals surface area contributed by atoms with Gasteiger partial charge in [-0.3, -0.25) is 4.79 Å². The van der Waals surface area contributed by atoms with Gasteiger partial charge in [0.25, 0.3) is 0 Å². The Morgan fingerprint density at radius 2 is 1.71 bits per heavy atom. The summed E-state index contributed by atoms with van der Waals surface area (Å²) in [6.07, 6.45) is 0.210. The van der Waals surface area contributed by atoms with Gasteiger partial charge in [0, 0.05) is 31.8 Å². The number of benzene rings is 2. The zero-order valence-electron chi connectivity index (χ0n) is 12.3. The molecule has 0 N–H and O–H groups in total. The molecular weight excluding hydrogens is 260 g/mol. The van der Waals surface area contributed by atoms with Gasteiger partial charge in [0.2, 0.25) is 0 Å². The van der Waals surface area contributed by atoms with Crippen LogP contribution in [0.4, 0.5) is 5.69 Å². The van der Waals surface area contributed by atoms with Gasteiger partial charge < -0.3 is 4.90 Å². The van der Waals surface area contributed by atoms with Crippen LogP contribution in [-0.2, 0) is 0 Å². The van der Waals surface area contributed by atoms with Gasteiger partial charge in [0.1, 0.15) is 0 Å². The summed E-state index contributed by atoms with van der Waals surface area (Å²) in [5.74, 6) is -0.409. The Kier molecular flexibility index (Phi) is 4.73. The van der Waals surface area contributed by atoms with Crippen molar-refractivity contribution in [2.75, 3.05) is 19.0 Å². The second-order valence-corrected chi connectivity index (χ2v) is 5.16. The number of carbonyl (C=O) groups is 1. The van der Waals surface area contributed by atoms with E-state index in [2.05, 4.69) is 6.07 Å². The molecule has 3 heteroatoms. The number of Topliss-reactive ketones (excluding diaryl/α,β-unsaturated/α-hetero) is 1. The van der Waals surface area contributed by atoms with Crippen LogP contribution in [0, 0.1) is 11.3 Å². The predicted molar refractivity (Wildman–Crippen MR) is 84.5 cm³/mol. The van der Waals surface area contributed by atoms with Gasteiger partial charge in [-0.05, 0) is 17.7 Å². The normalized spacial score (nSPS) is 11.5. The summed E-state index contributed by atoms with van der Waals surface area (Å²) in [4.78, 5) is 14.2. The van der Waals surface area contributed by atoms with Crippen LogP contribution in [0.15, 0.2) is 54.6 Å². The zero-order chi connectivity index (χ0) is 15.2. The summed E-state index contributed by atoms with van der Waals surface area (Å²) in [6.45, 7) is 0. The van der Waals surface area contributed by atoms with Gasteiger partial charge in [-0.15, -0.1) is 0 Å². The monoisotopic (exact) mass is 278 g/mol. The molecule has 1 unspecified atom stereocenters. The van der Waals surface area contributed by atoms with E-state index in [1.54, 1.807) is 12.1 Å². The van der Waals surface area contributed by atoms with Crippen LogP contribution >= 0.6 is 0 Å². The first-order valence-electron chi connectivity index (χ1n) is 6.87. The van der Waals surface area contributed by atoms with Crippen LogP contribution in [0.25, 0.3) is 0 Å². The van der Waals surface area contributed by atoms with Crippen LogP contribution < -0.4 is 4.90 Å². The largest absolute Gasteiger partial charge is 0.378 e. The average Bonchev–Trinajstić information content (AvgIpc) is 2.53. The highest BCUT2D eigenvalue weighted by molar-refractivity contribution is 5.96. The Morgan fingerprint density at radius 3 is 2.24 bits per heavy atom. The Balaban J connectivity index is 2.13. The van der Waals surface area contributed by atoms with Gasteiger partial charge in [0.05, 0.1) is 12.0 Å². The molecule has 2 rings (SSSR count). The summed E-state index contributed by atoms with van der Waals surface area (Å²) in [5.41, 5.74) is 2.61. The molecule has 2 aromatic rings. The van der Waals surface area contributed by atoms with Crippen molar-refractivity contribution < 1.29 is 4.79 Å². The molecule has 3 nitrogen and oxygen atoms in total. The molecule has 21 heavy (non-hydrogen) atoms. The standard InChI is InChI=1S/C18H18N2O/c1-20(2)17-10-8-14(9-11-17)16(13-19)12-18(21)15-6-4-3-5-7-15/h3-11,16H,12H2,1-2H3. The third-order valence-corrected chi connectivity index (χ3v) is 3.45. The van der Waals surface area contributed by atoms with E-state index < -0.39 is 5.92 Å². The molecule has 0 heterocycles. The summed E-state index contributed by atoms with van der Waals surface area (Å²) in [6, 6.07) is 19.1. The molecule has 0 saturated heterocycles. The first kappa shape index (κ1) is 14.8. The van der Waals surface area contributed by atoms with Crippen molar-refractivity contribution in [1.82, 2.24) is 0 Å².